The number of hydrogen-bond donors (Lipinski definition) is 1. The number of pyridine rings is 1. The minimum Gasteiger partial charge on any atom is -0.478 e. The van der Waals surface area contributed by atoms with Crippen molar-refractivity contribution in [3.63, 3.8) is 0 Å². The second kappa shape index (κ2) is 8.84. The first kappa shape index (κ1) is 18.5. The molecule has 5 heteroatoms. The molecule has 0 aliphatic rings. The van der Waals surface area contributed by atoms with Crippen LogP contribution < -0.4 is 4.90 Å². The van der Waals surface area contributed by atoms with Gasteiger partial charge in [0.1, 0.15) is 6.07 Å². The fraction of sp³-hybridized carbons (Fsp3) is 0.350. The summed E-state index contributed by atoms with van der Waals surface area (Å²) >= 11 is 0. The number of rotatable bonds is 8. The highest BCUT2D eigenvalue weighted by Gasteiger charge is 2.11. The van der Waals surface area contributed by atoms with Crippen LogP contribution in [0.3, 0.4) is 0 Å². The van der Waals surface area contributed by atoms with Crippen molar-refractivity contribution in [3.8, 4) is 17.3 Å². The molecule has 0 aliphatic carbocycles. The first-order valence-corrected chi connectivity index (χ1v) is 8.51. The van der Waals surface area contributed by atoms with Crippen molar-refractivity contribution in [2.24, 2.45) is 0 Å². The SMILES string of the molecule is CCCCCCN(C)c1ccc(-c2cc(C(=O)O)ccn2)cc1C#N. The van der Waals surface area contributed by atoms with Crippen LogP contribution in [0.2, 0.25) is 0 Å². The zero-order chi connectivity index (χ0) is 18.2. The van der Waals surface area contributed by atoms with Crippen molar-refractivity contribution in [2.75, 3.05) is 18.5 Å². The molecule has 0 aliphatic heterocycles. The molecule has 1 aromatic heterocycles. The molecule has 0 saturated heterocycles. The lowest BCUT2D eigenvalue weighted by Gasteiger charge is -2.21. The molecule has 1 aromatic carbocycles. The molecular formula is C20H23N3O2. The summed E-state index contributed by atoms with van der Waals surface area (Å²) in [5.74, 6) is -0.993. The van der Waals surface area contributed by atoms with E-state index in [9.17, 15) is 10.1 Å². The Bertz CT molecular complexity index is 781. The van der Waals surface area contributed by atoms with Gasteiger partial charge in [0, 0.05) is 25.4 Å². The Morgan fingerprint density at radius 2 is 2.04 bits per heavy atom. The number of aromatic carboxylic acids is 1. The number of unbranched alkanes of at least 4 members (excludes halogenated alkanes) is 3. The molecule has 0 atom stereocenters. The number of carboxylic acid groups (broad SMARTS) is 1. The Labute approximate surface area is 148 Å². The van der Waals surface area contributed by atoms with E-state index in [4.69, 9.17) is 5.11 Å². The van der Waals surface area contributed by atoms with Crippen LogP contribution in [0.4, 0.5) is 5.69 Å². The van der Waals surface area contributed by atoms with Gasteiger partial charge in [-0.05, 0) is 30.7 Å². The van der Waals surface area contributed by atoms with E-state index < -0.39 is 5.97 Å². The summed E-state index contributed by atoms with van der Waals surface area (Å²) in [5, 5.41) is 18.6. The fourth-order valence-corrected chi connectivity index (χ4v) is 2.74. The Balaban J connectivity index is 2.23. The lowest BCUT2D eigenvalue weighted by Crippen LogP contribution is -2.19. The molecule has 0 unspecified atom stereocenters. The summed E-state index contributed by atoms with van der Waals surface area (Å²) in [4.78, 5) is 17.4. The smallest absolute Gasteiger partial charge is 0.335 e. The van der Waals surface area contributed by atoms with E-state index in [0.29, 0.717) is 11.3 Å². The van der Waals surface area contributed by atoms with Crippen LogP contribution in [0.15, 0.2) is 36.5 Å². The summed E-state index contributed by atoms with van der Waals surface area (Å²) in [7, 11) is 1.99. The van der Waals surface area contributed by atoms with Crippen LogP contribution in [0.5, 0.6) is 0 Å². The lowest BCUT2D eigenvalue weighted by molar-refractivity contribution is 0.0697. The number of carbonyl (C=O) groups is 1. The Hall–Kier alpha value is -2.87. The zero-order valence-electron chi connectivity index (χ0n) is 14.7. The molecule has 1 heterocycles. The highest BCUT2D eigenvalue weighted by molar-refractivity contribution is 5.89. The van der Waals surface area contributed by atoms with Crippen molar-refractivity contribution >= 4 is 11.7 Å². The minimum atomic E-state index is -0.993. The van der Waals surface area contributed by atoms with Crippen LogP contribution >= 0.6 is 0 Å². The van der Waals surface area contributed by atoms with E-state index in [0.717, 1.165) is 24.2 Å². The predicted molar refractivity (Wildman–Crippen MR) is 98.8 cm³/mol. The van der Waals surface area contributed by atoms with Crippen LogP contribution in [-0.2, 0) is 0 Å². The topological polar surface area (TPSA) is 77.2 Å². The normalized spacial score (nSPS) is 10.3. The molecular weight excluding hydrogens is 314 g/mol. The van der Waals surface area contributed by atoms with Gasteiger partial charge < -0.3 is 10.0 Å². The molecule has 5 nitrogen and oxygen atoms in total. The number of nitriles is 1. The van der Waals surface area contributed by atoms with Gasteiger partial charge in [0.2, 0.25) is 0 Å². The van der Waals surface area contributed by atoms with Gasteiger partial charge in [-0.1, -0.05) is 32.3 Å². The minimum absolute atomic E-state index is 0.181. The van der Waals surface area contributed by atoms with Gasteiger partial charge in [-0.3, -0.25) is 4.98 Å². The average molecular weight is 337 g/mol. The van der Waals surface area contributed by atoms with Gasteiger partial charge in [0.15, 0.2) is 0 Å². The Morgan fingerprint density at radius 3 is 2.72 bits per heavy atom. The first-order chi connectivity index (χ1) is 12.1. The second-order valence-corrected chi connectivity index (χ2v) is 6.06. The molecule has 0 spiro atoms. The van der Waals surface area contributed by atoms with Crippen molar-refractivity contribution in [1.29, 1.82) is 5.26 Å². The molecule has 0 amide bonds. The molecule has 2 aromatic rings. The molecule has 130 valence electrons. The van der Waals surface area contributed by atoms with E-state index >= 15 is 0 Å². The molecule has 1 N–H and O–H groups in total. The number of aromatic nitrogens is 1. The number of hydrogen-bond acceptors (Lipinski definition) is 4. The molecule has 2 rings (SSSR count). The molecule has 0 fully saturated rings. The number of nitrogens with zero attached hydrogens (tertiary/aromatic N) is 3. The van der Waals surface area contributed by atoms with Gasteiger partial charge in [0.05, 0.1) is 22.5 Å². The summed E-state index contributed by atoms with van der Waals surface area (Å²) < 4.78 is 0. The second-order valence-electron chi connectivity index (χ2n) is 6.06. The van der Waals surface area contributed by atoms with Crippen molar-refractivity contribution in [2.45, 2.75) is 32.6 Å². The summed E-state index contributed by atoms with van der Waals surface area (Å²) in [6, 6.07) is 10.8. The maximum Gasteiger partial charge on any atom is 0.335 e. The van der Waals surface area contributed by atoms with E-state index in [1.54, 1.807) is 6.07 Å². The fourth-order valence-electron chi connectivity index (χ4n) is 2.74. The van der Waals surface area contributed by atoms with Gasteiger partial charge in [-0.25, -0.2) is 4.79 Å². The van der Waals surface area contributed by atoms with Crippen LogP contribution in [0.1, 0.15) is 48.5 Å². The maximum absolute atomic E-state index is 11.1. The Kier molecular flexibility index (Phi) is 6.53. The zero-order valence-corrected chi connectivity index (χ0v) is 14.7. The van der Waals surface area contributed by atoms with E-state index in [-0.39, 0.29) is 5.56 Å². The highest BCUT2D eigenvalue weighted by atomic mass is 16.4. The van der Waals surface area contributed by atoms with E-state index in [1.807, 2.05) is 19.2 Å². The maximum atomic E-state index is 11.1. The molecule has 0 bridgehead atoms. The van der Waals surface area contributed by atoms with E-state index in [2.05, 4.69) is 22.9 Å². The predicted octanol–water partition coefficient (Wildman–Crippen LogP) is 4.33. The molecule has 0 saturated carbocycles. The Morgan fingerprint density at radius 1 is 1.24 bits per heavy atom. The summed E-state index contributed by atoms with van der Waals surface area (Å²) in [6.07, 6.45) is 6.18. The molecule has 25 heavy (non-hydrogen) atoms. The average Bonchev–Trinajstić information content (AvgIpc) is 2.64. The third kappa shape index (κ3) is 4.80. The van der Waals surface area contributed by atoms with Crippen molar-refractivity contribution < 1.29 is 9.90 Å². The molecule has 0 radical (unpaired) electrons. The third-order valence-electron chi connectivity index (χ3n) is 4.18. The summed E-state index contributed by atoms with van der Waals surface area (Å²) in [6.45, 7) is 3.09. The van der Waals surface area contributed by atoms with Crippen LogP contribution in [0.25, 0.3) is 11.3 Å². The van der Waals surface area contributed by atoms with Crippen LogP contribution in [0, 0.1) is 11.3 Å². The summed E-state index contributed by atoms with van der Waals surface area (Å²) in [5.41, 5.74) is 2.92. The van der Waals surface area contributed by atoms with Crippen molar-refractivity contribution in [3.05, 3.63) is 47.7 Å². The first-order valence-electron chi connectivity index (χ1n) is 8.51. The highest BCUT2D eigenvalue weighted by Crippen LogP contribution is 2.26. The van der Waals surface area contributed by atoms with Crippen LogP contribution in [-0.4, -0.2) is 29.7 Å². The number of anilines is 1. The van der Waals surface area contributed by atoms with Gasteiger partial charge in [-0.15, -0.1) is 0 Å². The van der Waals surface area contributed by atoms with Crippen molar-refractivity contribution in [1.82, 2.24) is 4.98 Å². The monoisotopic (exact) mass is 337 g/mol. The van der Waals surface area contributed by atoms with Gasteiger partial charge in [0.25, 0.3) is 0 Å². The largest absolute Gasteiger partial charge is 0.478 e. The standard InChI is InChI=1S/C20H23N3O2/c1-3-4-5-6-11-23(2)19-8-7-15(12-17(19)14-21)18-13-16(20(24)25)9-10-22-18/h7-10,12-13H,3-6,11H2,1-2H3,(H,24,25). The van der Waals surface area contributed by atoms with Gasteiger partial charge in [-0.2, -0.15) is 5.26 Å². The number of benzene rings is 1. The lowest BCUT2D eigenvalue weighted by atomic mass is 10.0. The third-order valence-corrected chi connectivity index (χ3v) is 4.18. The van der Waals surface area contributed by atoms with Gasteiger partial charge >= 0.3 is 5.97 Å². The van der Waals surface area contributed by atoms with E-state index in [1.165, 1.54) is 37.6 Å². The quantitative estimate of drug-likeness (QED) is 0.725. The number of carboxylic acids is 1.